The number of aromatic nitrogens is 1. The maximum Gasteiger partial charge on any atom is 0.0547 e. The largest absolute Gasteiger partial charge is 0.306 e. The number of nitrogens with zero attached hydrogens (tertiary/aromatic N) is 2. The summed E-state index contributed by atoms with van der Waals surface area (Å²) in [5, 5.41) is 3.50. The Balaban J connectivity index is 1.95. The van der Waals surface area contributed by atoms with Crippen molar-refractivity contribution >= 4 is 0 Å². The molecule has 3 nitrogen and oxygen atoms in total. The molecule has 1 aliphatic heterocycles. The van der Waals surface area contributed by atoms with Gasteiger partial charge < -0.3 is 5.32 Å². The summed E-state index contributed by atoms with van der Waals surface area (Å²) in [4.78, 5) is 7.36. The van der Waals surface area contributed by atoms with Crippen molar-refractivity contribution in [1.29, 1.82) is 0 Å². The summed E-state index contributed by atoms with van der Waals surface area (Å²) in [7, 11) is 0. The number of hydrogen-bond donors (Lipinski definition) is 1. The Bertz CT molecular complexity index is 422. The Morgan fingerprint density at radius 2 is 2.00 bits per heavy atom. The SMILES string of the molecule is CC1CCCCN1Cc1cccc(CNC(C)(C)C)n1. The molecule has 0 aromatic carbocycles. The standard InChI is InChI=1S/C17H29N3/c1-14-8-5-6-11-20(14)13-16-10-7-9-15(19-16)12-18-17(2,3)4/h7,9-10,14,18H,5-6,8,11-13H2,1-4H3. The van der Waals surface area contributed by atoms with E-state index in [2.05, 4.69) is 56.1 Å². The van der Waals surface area contributed by atoms with Crippen LogP contribution < -0.4 is 5.32 Å². The van der Waals surface area contributed by atoms with E-state index in [-0.39, 0.29) is 5.54 Å². The van der Waals surface area contributed by atoms with Crippen LogP contribution in [0, 0.1) is 0 Å². The third-order valence-electron chi connectivity index (χ3n) is 3.97. The lowest BCUT2D eigenvalue weighted by molar-refractivity contribution is 0.151. The van der Waals surface area contributed by atoms with Gasteiger partial charge in [-0.15, -0.1) is 0 Å². The van der Waals surface area contributed by atoms with Crippen LogP contribution in [0.3, 0.4) is 0 Å². The molecule has 2 heterocycles. The van der Waals surface area contributed by atoms with Crippen molar-refractivity contribution in [1.82, 2.24) is 15.2 Å². The Hall–Kier alpha value is -0.930. The van der Waals surface area contributed by atoms with E-state index < -0.39 is 0 Å². The van der Waals surface area contributed by atoms with Crippen LogP contribution in [0.4, 0.5) is 0 Å². The van der Waals surface area contributed by atoms with Crippen LogP contribution in [0.1, 0.15) is 58.3 Å². The van der Waals surface area contributed by atoms with E-state index >= 15 is 0 Å². The van der Waals surface area contributed by atoms with Crippen LogP contribution in [0.2, 0.25) is 0 Å². The Morgan fingerprint density at radius 3 is 2.70 bits per heavy atom. The molecule has 3 heteroatoms. The molecular weight excluding hydrogens is 246 g/mol. The summed E-state index contributed by atoms with van der Waals surface area (Å²) in [6.07, 6.45) is 4.03. The smallest absolute Gasteiger partial charge is 0.0547 e. The molecule has 1 aromatic heterocycles. The third-order valence-corrected chi connectivity index (χ3v) is 3.97. The van der Waals surface area contributed by atoms with E-state index in [0.29, 0.717) is 6.04 Å². The number of likely N-dealkylation sites (tertiary alicyclic amines) is 1. The summed E-state index contributed by atoms with van der Waals surface area (Å²) in [6, 6.07) is 7.10. The van der Waals surface area contributed by atoms with Crippen LogP contribution in [-0.4, -0.2) is 28.0 Å². The van der Waals surface area contributed by atoms with E-state index in [9.17, 15) is 0 Å². The van der Waals surface area contributed by atoms with E-state index in [4.69, 9.17) is 4.98 Å². The highest BCUT2D eigenvalue weighted by Gasteiger charge is 2.18. The van der Waals surface area contributed by atoms with Gasteiger partial charge >= 0.3 is 0 Å². The maximum absolute atomic E-state index is 4.80. The lowest BCUT2D eigenvalue weighted by atomic mass is 10.0. The van der Waals surface area contributed by atoms with Gasteiger partial charge in [-0.25, -0.2) is 0 Å². The van der Waals surface area contributed by atoms with Crippen LogP contribution in [0.5, 0.6) is 0 Å². The Labute approximate surface area is 123 Å². The molecule has 1 saturated heterocycles. The van der Waals surface area contributed by atoms with Gasteiger partial charge in [-0.05, 0) is 59.2 Å². The molecule has 0 aliphatic carbocycles. The van der Waals surface area contributed by atoms with Crippen molar-refractivity contribution in [3.63, 3.8) is 0 Å². The Kier molecular flexibility index (Phi) is 5.17. The molecule has 20 heavy (non-hydrogen) atoms. The fourth-order valence-electron chi connectivity index (χ4n) is 2.67. The molecule has 1 unspecified atom stereocenters. The van der Waals surface area contributed by atoms with Crippen molar-refractivity contribution in [3.05, 3.63) is 29.6 Å². The number of rotatable bonds is 4. The lowest BCUT2D eigenvalue weighted by Gasteiger charge is -2.33. The first-order valence-corrected chi connectivity index (χ1v) is 7.88. The number of piperidine rings is 1. The minimum Gasteiger partial charge on any atom is -0.306 e. The second kappa shape index (κ2) is 6.68. The number of hydrogen-bond acceptors (Lipinski definition) is 3. The lowest BCUT2D eigenvalue weighted by Crippen LogP contribution is -2.37. The van der Waals surface area contributed by atoms with Gasteiger partial charge in [-0.2, -0.15) is 0 Å². The fourth-order valence-corrected chi connectivity index (χ4v) is 2.67. The summed E-state index contributed by atoms with van der Waals surface area (Å²) >= 11 is 0. The molecule has 1 atom stereocenters. The highest BCUT2D eigenvalue weighted by atomic mass is 15.2. The van der Waals surface area contributed by atoms with Crippen molar-refractivity contribution in [2.75, 3.05) is 6.54 Å². The second-order valence-corrected chi connectivity index (χ2v) is 7.04. The molecule has 2 rings (SSSR count). The van der Waals surface area contributed by atoms with Crippen LogP contribution in [0.25, 0.3) is 0 Å². The molecule has 1 aromatic rings. The first-order chi connectivity index (χ1) is 9.44. The minimum atomic E-state index is 0.138. The minimum absolute atomic E-state index is 0.138. The molecule has 0 spiro atoms. The van der Waals surface area contributed by atoms with Gasteiger partial charge in [0.15, 0.2) is 0 Å². The van der Waals surface area contributed by atoms with E-state index in [1.807, 2.05) is 0 Å². The average Bonchev–Trinajstić information content (AvgIpc) is 2.39. The molecule has 112 valence electrons. The molecule has 1 fully saturated rings. The van der Waals surface area contributed by atoms with Crippen molar-refractivity contribution in [2.24, 2.45) is 0 Å². The summed E-state index contributed by atoms with van der Waals surface area (Å²) in [5.74, 6) is 0. The fraction of sp³-hybridized carbons (Fsp3) is 0.706. The zero-order valence-corrected chi connectivity index (χ0v) is 13.4. The molecule has 0 saturated carbocycles. The van der Waals surface area contributed by atoms with Gasteiger partial charge in [0.2, 0.25) is 0 Å². The van der Waals surface area contributed by atoms with Crippen molar-refractivity contribution in [3.8, 4) is 0 Å². The first kappa shape index (κ1) is 15.5. The maximum atomic E-state index is 4.80. The van der Waals surface area contributed by atoms with Crippen LogP contribution in [-0.2, 0) is 13.1 Å². The topological polar surface area (TPSA) is 28.2 Å². The van der Waals surface area contributed by atoms with Gasteiger partial charge in [0.25, 0.3) is 0 Å². The van der Waals surface area contributed by atoms with Crippen molar-refractivity contribution < 1.29 is 0 Å². The monoisotopic (exact) mass is 275 g/mol. The van der Waals surface area contributed by atoms with Crippen LogP contribution >= 0.6 is 0 Å². The van der Waals surface area contributed by atoms with E-state index in [1.54, 1.807) is 0 Å². The Morgan fingerprint density at radius 1 is 1.25 bits per heavy atom. The van der Waals surface area contributed by atoms with E-state index in [0.717, 1.165) is 18.8 Å². The highest BCUT2D eigenvalue weighted by Crippen LogP contribution is 2.18. The van der Waals surface area contributed by atoms with E-state index in [1.165, 1.54) is 31.5 Å². The van der Waals surface area contributed by atoms with Crippen LogP contribution in [0.15, 0.2) is 18.2 Å². The number of nitrogens with one attached hydrogen (secondary N) is 1. The molecule has 0 amide bonds. The molecule has 0 radical (unpaired) electrons. The van der Waals surface area contributed by atoms with Crippen molar-refractivity contribution in [2.45, 2.75) is 71.6 Å². The van der Waals surface area contributed by atoms with Gasteiger partial charge in [0.05, 0.1) is 11.4 Å². The van der Waals surface area contributed by atoms with Gasteiger partial charge in [0, 0.05) is 24.7 Å². The third kappa shape index (κ3) is 4.88. The molecule has 0 bridgehead atoms. The predicted octanol–water partition coefficient (Wildman–Crippen LogP) is 3.34. The molecule has 1 N–H and O–H groups in total. The molecular formula is C17H29N3. The van der Waals surface area contributed by atoms with Gasteiger partial charge in [-0.3, -0.25) is 9.88 Å². The highest BCUT2D eigenvalue weighted by molar-refractivity contribution is 5.11. The predicted molar refractivity (Wildman–Crippen MR) is 84.6 cm³/mol. The average molecular weight is 275 g/mol. The zero-order chi connectivity index (χ0) is 14.6. The zero-order valence-electron chi connectivity index (χ0n) is 13.4. The van der Waals surface area contributed by atoms with Gasteiger partial charge in [-0.1, -0.05) is 12.5 Å². The first-order valence-electron chi connectivity index (χ1n) is 7.88. The van der Waals surface area contributed by atoms with Gasteiger partial charge in [0.1, 0.15) is 0 Å². The normalized spacial score (nSPS) is 21.1. The summed E-state index contributed by atoms with van der Waals surface area (Å²) in [6.45, 7) is 11.9. The number of pyridine rings is 1. The second-order valence-electron chi connectivity index (χ2n) is 7.04. The quantitative estimate of drug-likeness (QED) is 0.913. The summed E-state index contributed by atoms with van der Waals surface area (Å²) < 4.78 is 0. The summed E-state index contributed by atoms with van der Waals surface area (Å²) in [5.41, 5.74) is 2.48. The molecule has 1 aliphatic rings.